The Labute approximate surface area is 115 Å². The highest BCUT2D eigenvalue weighted by Crippen LogP contribution is 2.30. The molecule has 1 aromatic carbocycles. The van der Waals surface area contributed by atoms with Gasteiger partial charge in [-0.2, -0.15) is 5.26 Å². The second-order valence-corrected chi connectivity index (χ2v) is 4.53. The van der Waals surface area contributed by atoms with Gasteiger partial charge in [-0.25, -0.2) is 0 Å². The van der Waals surface area contributed by atoms with Crippen molar-refractivity contribution in [3.63, 3.8) is 0 Å². The number of aromatic hydroxyl groups is 1. The second kappa shape index (κ2) is 7.65. The fraction of sp³-hybridized carbons (Fsp3) is 0.533. The van der Waals surface area contributed by atoms with E-state index in [1.807, 2.05) is 18.9 Å². The van der Waals surface area contributed by atoms with Gasteiger partial charge < -0.3 is 9.84 Å². The molecule has 4 heteroatoms. The predicted molar refractivity (Wildman–Crippen MR) is 75.2 cm³/mol. The van der Waals surface area contributed by atoms with E-state index in [1.54, 1.807) is 18.2 Å². The monoisotopic (exact) mass is 262 g/mol. The largest absolute Gasteiger partial charge is 0.504 e. The van der Waals surface area contributed by atoms with Gasteiger partial charge in [-0.15, -0.1) is 0 Å². The van der Waals surface area contributed by atoms with Gasteiger partial charge in [0.05, 0.1) is 12.7 Å². The number of rotatable bonds is 7. The van der Waals surface area contributed by atoms with Crippen molar-refractivity contribution in [2.24, 2.45) is 0 Å². The number of nitriles is 1. The van der Waals surface area contributed by atoms with Crippen LogP contribution in [-0.4, -0.2) is 30.2 Å². The molecule has 1 unspecified atom stereocenters. The number of benzene rings is 1. The van der Waals surface area contributed by atoms with Crippen molar-refractivity contribution in [3.8, 4) is 17.6 Å². The molecule has 0 aliphatic heterocycles. The van der Waals surface area contributed by atoms with E-state index < -0.39 is 0 Å². The number of ether oxygens (including phenoxy) is 1. The third-order valence-corrected chi connectivity index (χ3v) is 3.03. The van der Waals surface area contributed by atoms with Crippen LogP contribution in [0.5, 0.6) is 11.5 Å². The number of nitrogens with zero attached hydrogens (tertiary/aromatic N) is 2. The Bertz CT molecular complexity index is 440. The molecule has 1 aromatic rings. The van der Waals surface area contributed by atoms with Gasteiger partial charge in [0.2, 0.25) is 0 Å². The molecule has 0 radical (unpaired) electrons. The minimum atomic E-state index is -0.314. The average Bonchev–Trinajstić information content (AvgIpc) is 2.41. The van der Waals surface area contributed by atoms with E-state index in [4.69, 9.17) is 4.74 Å². The van der Waals surface area contributed by atoms with Crippen LogP contribution < -0.4 is 4.74 Å². The first kappa shape index (κ1) is 15.3. The van der Waals surface area contributed by atoms with Crippen molar-refractivity contribution in [3.05, 3.63) is 23.8 Å². The summed E-state index contributed by atoms with van der Waals surface area (Å²) in [5, 5.41) is 19.0. The fourth-order valence-corrected chi connectivity index (χ4v) is 1.94. The van der Waals surface area contributed by atoms with Gasteiger partial charge in [-0.05, 0) is 44.6 Å². The van der Waals surface area contributed by atoms with Gasteiger partial charge in [0, 0.05) is 0 Å². The minimum Gasteiger partial charge on any atom is -0.504 e. The fourth-order valence-electron chi connectivity index (χ4n) is 1.94. The summed E-state index contributed by atoms with van der Waals surface area (Å²) in [5.74, 6) is 0.544. The van der Waals surface area contributed by atoms with Gasteiger partial charge in [0.1, 0.15) is 6.04 Å². The Balaban J connectivity index is 2.92. The van der Waals surface area contributed by atoms with Crippen LogP contribution >= 0.6 is 0 Å². The van der Waals surface area contributed by atoms with Crippen LogP contribution in [0.25, 0.3) is 0 Å². The zero-order valence-corrected chi connectivity index (χ0v) is 11.9. The van der Waals surface area contributed by atoms with Crippen LogP contribution in [-0.2, 0) is 0 Å². The zero-order valence-electron chi connectivity index (χ0n) is 11.9. The third-order valence-electron chi connectivity index (χ3n) is 3.03. The van der Waals surface area contributed by atoms with Crippen molar-refractivity contribution in [1.82, 2.24) is 4.90 Å². The van der Waals surface area contributed by atoms with E-state index in [0.29, 0.717) is 12.4 Å². The Morgan fingerprint density at radius 2 is 2.16 bits per heavy atom. The molecule has 4 nitrogen and oxygen atoms in total. The van der Waals surface area contributed by atoms with Crippen LogP contribution in [0.2, 0.25) is 0 Å². The summed E-state index contributed by atoms with van der Waals surface area (Å²) in [6, 6.07) is 7.09. The lowest BCUT2D eigenvalue weighted by atomic mass is 10.1. The molecular weight excluding hydrogens is 240 g/mol. The van der Waals surface area contributed by atoms with Crippen LogP contribution in [0.3, 0.4) is 0 Å². The third kappa shape index (κ3) is 4.15. The molecule has 0 fully saturated rings. The summed E-state index contributed by atoms with van der Waals surface area (Å²) in [5.41, 5.74) is 0.849. The number of unbranched alkanes of at least 4 members (excludes halogenated alkanes) is 1. The summed E-state index contributed by atoms with van der Waals surface area (Å²) < 4.78 is 5.35. The molecule has 1 N–H and O–H groups in total. The first-order chi connectivity index (χ1) is 9.13. The second-order valence-electron chi connectivity index (χ2n) is 4.53. The van der Waals surface area contributed by atoms with Crippen LogP contribution in [0.15, 0.2) is 18.2 Å². The molecule has 0 saturated heterocycles. The molecule has 1 atom stereocenters. The zero-order chi connectivity index (χ0) is 14.3. The number of phenols is 1. The summed E-state index contributed by atoms with van der Waals surface area (Å²) in [4.78, 5) is 2.02. The van der Waals surface area contributed by atoms with Crippen LogP contribution in [0, 0.1) is 11.3 Å². The van der Waals surface area contributed by atoms with Crippen molar-refractivity contribution in [2.75, 3.05) is 20.2 Å². The van der Waals surface area contributed by atoms with E-state index in [0.717, 1.165) is 24.9 Å². The molecule has 0 aromatic heterocycles. The standard InChI is InChI=1S/C15H22N2O2/c1-4-6-9-17(3)13(11-16)12-7-8-14(18)15(10-12)19-5-2/h7-8,10,13,18H,4-6,9H2,1-3H3. The van der Waals surface area contributed by atoms with Crippen LogP contribution in [0.4, 0.5) is 0 Å². The molecule has 19 heavy (non-hydrogen) atoms. The van der Waals surface area contributed by atoms with E-state index in [1.165, 1.54) is 0 Å². The Morgan fingerprint density at radius 1 is 1.42 bits per heavy atom. The Hall–Kier alpha value is -1.73. The van der Waals surface area contributed by atoms with Crippen molar-refractivity contribution in [1.29, 1.82) is 5.26 Å². The molecule has 0 aliphatic rings. The summed E-state index contributed by atoms with van der Waals surface area (Å²) in [6.07, 6.45) is 2.16. The van der Waals surface area contributed by atoms with Crippen LogP contribution in [0.1, 0.15) is 38.3 Å². The number of hydrogen-bond acceptors (Lipinski definition) is 4. The first-order valence-electron chi connectivity index (χ1n) is 6.69. The highest BCUT2D eigenvalue weighted by atomic mass is 16.5. The summed E-state index contributed by atoms with van der Waals surface area (Å²) in [7, 11) is 1.94. The molecule has 0 saturated carbocycles. The molecule has 0 aliphatic carbocycles. The first-order valence-corrected chi connectivity index (χ1v) is 6.69. The number of phenolic OH excluding ortho intramolecular Hbond substituents is 1. The lowest BCUT2D eigenvalue weighted by molar-refractivity contribution is 0.283. The van der Waals surface area contributed by atoms with E-state index in [9.17, 15) is 10.4 Å². The normalized spacial score (nSPS) is 12.2. The SMILES string of the molecule is CCCCN(C)C(C#N)c1ccc(O)c(OCC)c1. The molecule has 0 amide bonds. The predicted octanol–water partition coefficient (Wildman–Crippen LogP) is 3.09. The van der Waals surface area contributed by atoms with Crippen molar-refractivity contribution >= 4 is 0 Å². The molecule has 0 spiro atoms. The minimum absolute atomic E-state index is 0.110. The smallest absolute Gasteiger partial charge is 0.161 e. The molecule has 0 heterocycles. The summed E-state index contributed by atoms with van der Waals surface area (Å²) in [6.45, 7) is 5.35. The molecule has 1 rings (SSSR count). The summed E-state index contributed by atoms with van der Waals surface area (Å²) >= 11 is 0. The molecule has 0 bridgehead atoms. The van der Waals surface area contributed by atoms with Gasteiger partial charge >= 0.3 is 0 Å². The molecular formula is C15H22N2O2. The van der Waals surface area contributed by atoms with Crippen molar-refractivity contribution < 1.29 is 9.84 Å². The Morgan fingerprint density at radius 3 is 2.74 bits per heavy atom. The van der Waals surface area contributed by atoms with Gasteiger partial charge in [-0.1, -0.05) is 19.4 Å². The van der Waals surface area contributed by atoms with E-state index in [2.05, 4.69) is 13.0 Å². The highest BCUT2D eigenvalue weighted by Gasteiger charge is 2.17. The quantitative estimate of drug-likeness (QED) is 0.820. The Kier molecular flexibility index (Phi) is 6.17. The maximum atomic E-state index is 9.68. The van der Waals surface area contributed by atoms with Crippen molar-refractivity contribution in [2.45, 2.75) is 32.7 Å². The maximum absolute atomic E-state index is 9.68. The lowest BCUT2D eigenvalue weighted by Crippen LogP contribution is -2.24. The number of hydrogen-bond donors (Lipinski definition) is 1. The average molecular weight is 262 g/mol. The maximum Gasteiger partial charge on any atom is 0.161 e. The van der Waals surface area contributed by atoms with Gasteiger partial charge in [0.25, 0.3) is 0 Å². The van der Waals surface area contributed by atoms with Gasteiger partial charge in [0.15, 0.2) is 11.5 Å². The lowest BCUT2D eigenvalue weighted by Gasteiger charge is -2.23. The van der Waals surface area contributed by atoms with E-state index >= 15 is 0 Å². The highest BCUT2D eigenvalue weighted by molar-refractivity contribution is 5.43. The topological polar surface area (TPSA) is 56.5 Å². The van der Waals surface area contributed by atoms with Gasteiger partial charge in [-0.3, -0.25) is 4.90 Å². The molecule has 104 valence electrons. The van der Waals surface area contributed by atoms with E-state index in [-0.39, 0.29) is 11.8 Å².